The van der Waals surface area contributed by atoms with Gasteiger partial charge in [0.05, 0.1) is 12.6 Å². The van der Waals surface area contributed by atoms with E-state index >= 15 is 0 Å². The number of piperidine rings is 1. The molecule has 0 aromatic heterocycles. The van der Waals surface area contributed by atoms with E-state index in [9.17, 15) is 14.4 Å². The zero-order valence-corrected chi connectivity index (χ0v) is 16.6. The number of rotatable bonds is 6. The van der Waals surface area contributed by atoms with Crippen LogP contribution in [0.25, 0.3) is 0 Å². The molecule has 0 radical (unpaired) electrons. The van der Waals surface area contributed by atoms with E-state index in [4.69, 9.17) is 4.74 Å². The van der Waals surface area contributed by atoms with Gasteiger partial charge in [0.1, 0.15) is 5.41 Å². The van der Waals surface area contributed by atoms with Crippen LogP contribution in [-0.4, -0.2) is 48.5 Å². The fraction of sp³-hybridized carbons (Fsp3) is 0.571. The molecule has 0 bridgehead atoms. The molecule has 152 valence electrons. The Morgan fingerprint density at radius 3 is 2.36 bits per heavy atom. The summed E-state index contributed by atoms with van der Waals surface area (Å²) < 4.78 is 5.01. The number of carbonyl (C=O) groups excluding carboxylic acids is 3. The average molecular weight is 387 g/mol. The molecule has 0 spiro atoms. The first-order chi connectivity index (χ1) is 13.5. The Kier molecular flexibility index (Phi) is 6.21. The molecule has 2 N–H and O–H groups in total. The highest BCUT2D eigenvalue weighted by Gasteiger charge is 2.57. The van der Waals surface area contributed by atoms with Crippen LogP contribution >= 0.6 is 0 Å². The van der Waals surface area contributed by atoms with E-state index in [2.05, 4.69) is 10.6 Å². The zero-order valence-electron chi connectivity index (χ0n) is 16.6. The van der Waals surface area contributed by atoms with E-state index in [0.717, 1.165) is 5.56 Å². The van der Waals surface area contributed by atoms with Gasteiger partial charge in [-0.3, -0.25) is 9.59 Å². The maximum atomic E-state index is 12.8. The molecule has 2 aliphatic rings. The summed E-state index contributed by atoms with van der Waals surface area (Å²) in [5.41, 5.74) is 0.0693. The molecule has 1 aromatic carbocycles. The molecule has 28 heavy (non-hydrogen) atoms. The number of benzene rings is 1. The Bertz CT molecular complexity index is 710. The summed E-state index contributed by atoms with van der Waals surface area (Å²) in [6.07, 6.45) is 2.19. The molecular weight excluding hydrogens is 358 g/mol. The summed E-state index contributed by atoms with van der Waals surface area (Å²) >= 11 is 0. The number of hydrogen-bond donors (Lipinski definition) is 2. The first kappa shape index (κ1) is 20.2. The van der Waals surface area contributed by atoms with Crippen molar-refractivity contribution in [2.45, 2.75) is 51.6 Å². The Morgan fingerprint density at radius 1 is 1.14 bits per heavy atom. The van der Waals surface area contributed by atoms with E-state index in [1.54, 1.807) is 11.8 Å². The van der Waals surface area contributed by atoms with Crippen LogP contribution in [0.5, 0.6) is 0 Å². The second kappa shape index (κ2) is 8.63. The monoisotopic (exact) mass is 387 g/mol. The number of amides is 3. The highest BCUT2D eigenvalue weighted by atomic mass is 16.6. The first-order valence-electron chi connectivity index (χ1n) is 10.0. The normalized spacial score (nSPS) is 19.4. The maximum absolute atomic E-state index is 12.8. The van der Waals surface area contributed by atoms with E-state index < -0.39 is 5.41 Å². The molecule has 1 heterocycles. The average Bonchev–Trinajstić information content (AvgIpc) is 3.51. The van der Waals surface area contributed by atoms with Crippen LogP contribution in [0.2, 0.25) is 0 Å². The van der Waals surface area contributed by atoms with Crippen LogP contribution in [0.1, 0.15) is 51.1 Å². The summed E-state index contributed by atoms with van der Waals surface area (Å²) in [5, 5.41) is 6.01. The van der Waals surface area contributed by atoms with Crippen LogP contribution in [0, 0.1) is 5.41 Å². The fourth-order valence-electron chi connectivity index (χ4n) is 3.59. The van der Waals surface area contributed by atoms with Gasteiger partial charge in [-0.1, -0.05) is 30.3 Å². The van der Waals surface area contributed by atoms with Crippen molar-refractivity contribution in [2.75, 3.05) is 19.7 Å². The fourth-order valence-corrected chi connectivity index (χ4v) is 3.59. The van der Waals surface area contributed by atoms with Gasteiger partial charge < -0.3 is 20.3 Å². The molecule has 1 saturated heterocycles. The van der Waals surface area contributed by atoms with Crippen LogP contribution in [-0.2, 0) is 14.3 Å². The number of hydrogen-bond acceptors (Lipinski definition) is 4. The molecule has 1 saturated carbocycles. The summed E-state index contributed by atoms with van der Waals surface area (Å²) in [4.78, 5) is 39.0. The van der Waals surface area contributed by atoms with Crippen molar-refractivity contribution in [3.63, 3.8) is 0 Å². The van der Waals surface area contributed by atoms with Crippen molar-refractivity contribution >= 4 is 17.9 Å². The van der Waals surface area contributed by atoms with Crippen molar-refractivity contribution in [1.82, 2.24) is 15.5 Å². The summed E-state index contributed by atoms with van der Waals surface area (Å²) in [6, 6.07) is 9.55. The second-order valence-corrected chi connectivity index (χ2v) is 7.62. The molecule has 1 unspecified atom stereocenters. The van der Waals surface area contributed by atoms with Gasteiger partial charge in [0.2, 0.25) is 11.8 Å². The lowest BCUT2D eigenvalue weighted by Crippen LogP contribution is -2.51. The molecule has 1 atom stereocenters. The lowest BCUT2D eigenvalue weighted by molar-refractivity contribution is -0.138. The van der Waals surface area contributed by atoms with E-state index in [1.807, 2.05) is 37.3 Å². The van der Waals surface area contributed by atoms with Gasteiger partial charge in [-0.05, 0) is 45.1 Å². The largest absolute Gasteiger partial charge is 0.450 e. The lowest BCUT2D eigenvalue weighted by atomic mass is 10.00. The van der Waals surface area contributed by atoms with Crippen LogP contribution < -0.4 is 10.6 Å². The van der Waals surface area contributed by atoms with E-state index in [-0.39, 0.29) is 30.0 Å². The standard InChI is InChI=1S/C21H29N3O4/c1-3-28-20(27)24-13-9-17(10-14-24)23-19(26)21(11-12-21)18(25)22-15(2)16-7-5-4-6-8-16/h4-8,15,17H,3,9-14H2,1-2H3,(H,22,25)(H,23,26). The molecule has 7 heteroatoms. The van der Waals surface area contributed by atoms with Crippen LogP contribution in [0.15, 0.2) is 30.3 Å². The van der Waals surface area contributed by atoms with Crippen molar-refractivity contribution < 1.29 is 19.1 Å². The Hall–Kier alpha value is -2.57. The van der Waals surface area contributed by atoms with Crippen molar-refractivity contribution in [3.05, 3.63) is 35.9 Å². The number of nitrogens with one attached hydrogen (secondary N) is 2. The molecule has 1 aliphatic heterocycles. The van der Waals surface area contributed by atoms with Gasteiger partial charge in [-0.2, -0.15) is 0 Å². The molecule has 7 nitrogen and oxygen atoms in total. The number of nitrogens with zero attached hydrogens (tertiary/aromatic N) is 1. The third-order valence-corrected chi connectivity index (χ3v) is 5.62. The van der Waals surface area contributed by atoms with Gasteiger partial charge in [0.25, 0.3) is 0 Å². The number of carbonyl (C=O) groups is 3. The first-order valence-corrected chi connectivity index (χ1v) is 10.0. The number of ether oxygens (including phenoxy) is 1. The number of likely N-dealkylation sites (tertiary alicyclic amines) is 1. The van der Waals surface area contributed by atoms with Gasteiger partial charge >= 0.3 is 6.09 Å². The predicted octanol–water partition coefficient (Wildman–Crippen LogP) is 2.38. The lowest BCUT2D eigenvalue weighted by Gasteiger charge is -2.32. The van der Waals surface area contributed by atoms with Gasteiger partial charge in [-0.25, -0.2) is 4.79 Å². The van der Waals surface area contributed by atoms with Crippen LogP contribution in [0.3, 0.4) is 0 Å². The third kappa shape index (κ3) is 4.46. The summed E-state index contributed by atoms with van der Waals surface area (Å²) in [5.74, 6) is -0.398. The Balaban J connectivity index is 1.50. The summed E-state index contributed by atoms with van der Waals surface area (Å²) in [7, 11) is 0. The second-order valence-electron chi connectivity index (χ2n) is 7.62. The molecule has 3 rings (SSSR count). The van der Waals surface area contributed by atoms with Crippen molar-refractivity contribution in [2.24, 2.45) is 5.41 Å². The molecule has 1 aromatic rings. The smallest absolute Gasteiger partial charge is 0.409 e. The molecule has 3 amide bonds. The van der Waals surface area contributed by atoms with E-state index in [1.165, 1.54) is 0 Å². The predicted molar refractivity (Wildman–Crippen MR) is 104 cm³/mol. The van der Waals surface area contributed by atoms with Crippen LogP contribution in [0.4, 0.5) is 4.79 Å². The SMILES string of the molecule is CCOC(=O)N1CCC(NC(=O)C2(C(=O)NC(C)c3ccccc3)CC2)CC1. The minimum atomic E-state index is -0.943. The van der Waals surface area contributed by atoms with E-state index in [0.29, 0.717) is 45.4 Å². The van der Waals surface area contributed by atoms with Crippen molar-refractivity contribution in [1.29, 1.82) is 0 Å². The zero-order chi connectivity index (χ0) is 20.1. The maximum Gasteiger partial charge on any atom is 0.409 e. The van der Waals surface area contributed by atoms with Gasteiger partial charge in [0.15, 0.2) is 0 Å². The van der Waals surface area contributed by atoms with Gasteiger partial charge in [0, 0.05) is 19.1 Å². The quantitative estimate of drug-likeness (QED) is 0.734. The van der Waals surface area contributed by atoms with Gasteiger partial charge in [-0.15, -0.1) is 0 Å². The Morgan fingerprint density at radius 2 is 1.79 bits per heavy atom. The highest BCUT2D eigenvalue weighted by Crippen LogP contribution is 2.46. The highest BCUT2D eigenvalue weighted by molar-refractivity contribution is 6.08. The summed E-state index contributed by atoms with van der Waals surface area (Å²) in [6.45, 7) is 5.16. The van der Waals surface area contributed by atoms with Crippen molar-refractivity contribution in [3.8, 4) is 0 Å². The topological polar surface area (TPSA) is 87.7 Å². The third-order valence-electron chi connectivity index (χ3n) is 5.62. The molecule has 2 fully saturated rings. The Labute approximate surface area is 165 Å². The minimum Gasteiger partial charge on any atom is -0.450 e. The minimum absolute atomic E-state index is 0.0185. The molecular formula is C21H29N3O4. The molecule has 1 aliphatic carbocycles.